The highest BCUT2D eigenvalue weighted by atomic mass is 16.5. The number of nitrogens with zero attached hydrogens (tertiary/aromatic N) is 2. The molecule has 1 aliphatic heterocycles. The SMILES string of the molecule is COCCN1C[C@@H](C(=O)NCCc2c[nH]c(=O)n(C)c2=O)CCC1=O. The summed E-state index contributed by atoms with van der Waals surface area (Å²) in [6, 6.07) is 0. The number of nitrogens with one attached hydrogen (secondary N) is 2. The van der Waals surface area contributed by atoms with Crippen molar-refractivity contribution in [1.29, 1.82) is 0 Å². The summed E-state index contributed by atoms with van der Waals surface area (Å²) in [7, 11) is 2.97. The van der Waals surface area contributed by atoms with E-state index in [0.717, 1.165) is 4.57 Å². The third-order valence-corrected chi connectivity index (χ3v) is 4.38. The lowest BCUT2D eigenvalue weighted by atomic mass is 9.96. The highest BCUT2D eigenvalue weighted by Gasteiger charge is 2.29. The van der Waals surface area contributed by atoms with E-state index >= 15 is 0 Å². The van der Waals surface area contributed by atoms with Gasteiger partial charge in [0.2, 0.25) is 11.8 Å². The van der Waals surface area contributed by atoms with E-state index in [1.54, 1.807) is 12.0 Å². The minimum absolute atomic E-state index is 0.0397. The Morgan fingerprint density at radius 2 is 2.16 bits per heavy atom. The smallest absolute Gasteiger partial charge is 0.328 e. The summed E-state index contributed by atoms with van der Waals surface area (Å²) in [5.41, 5.74) is -0.407. The molecule has 0 bridgehead atoms. The minimum atomic E-state index is -0.471. The fraction of sp³-hybridized carbons (Fsp3) is 0.625. The Kier molecular flexibility index (Phi) is 6.51. The van der Waals surface area contributed by atoms with Gasteiger partial charge in [0.25, 0.3) is 5.56 Å². The van der Waals surface area contributed by atoms with Crippen molar-refractivity contribution in [2.45, 2.75) is 19.3 Å². The van der Waals surface area contributed by atoms with Crippen LogP contribution in [-0.4, -0.2) is 59.6 Å². The Labute approximate surface area is 145 Å². The number of H-pyrrole nitrogens is 1. The zero-order valence-corrected chi connectivity index (χ0v) is 14.5. The van der Waals surface area contributed by atoms with Crippen molar-refractivity contribution in [2.75, 3.05) is 33.4 Å². The molecule has 0 saturated carbocycles. The third kappa shape index (κ3) is 4.79. The first kappa shape index (κ1) is 18.9. The molecule has 9 heteroatoms. The van der Waals surface area contributed by atoms with Crippen molar-refractivity contribution < 1.29 is 14.3 Å². The number of likely N-dealkylation sites (tertiary alicyclic amines) is 1. The van der Waals surface area contributed by atoms with Crippen LogP contribution < -0.4 is 16.6 Å². The van der Waals surface area contributed by atoms with Gasteiger partial charge in [0, 0.05) is 52.0 Å². The second-order valence-corrected chi connectivity index (χ2v) is 6.09. The predicted octanol–water partition coefficient (Wildman–Crippen LogP) is -1.38. The van der Waals surface area contributed by atoms with Gasteiger partial charge in [-0.2, -0.15) is 0 Å². The number of rotatable bonds is 7. The van der Waals surface area contributed by atoms with Crippen LogP contribution in [-0.2, 0) is 27.8 Å². The molecule has 2 amide bonds. The summed E-state index contributed by atoms with van der Waals surface area (Å²) in [6.45, 7) is 1.60. The molecule has 0 spiro atoms. The van der Waals surface area contributed by atoms with E-state index < -0.39 is 5.69 Å². The molecule has 1 aromatic heterocycles. The predicted molar refractivity (Wildman–Crippen MR) is 90.2 cm³/mol. The average Bonchev–Trinajstić information content (AvgIpc) is 2.61. The molecule has 1 fully saturated rings. The first-order chi connectivity index (χ1) is 11.9. The monoisotopic (exact) mass is 352 g/mol. The molecule has 2 rings (SSSR count). The van der Waals surface area contributed by atoms with E-state index in [9.17, 15) is 19.2 Å². The van der Waals surface area contributed by atoms with Crippen molar-refractivity contribution in [3.63, 3.8) is 0 Å². The van der Waals surface area contributed by atoms with Gasteiger partial charge in [-0.3, -0.25) is 19.0 Å². The van der Waals surface area contributed by atoms with Crippen LogP contribution in [0.15, 0.2) is 15.8 Å². The van der Waals surface area contributed by atoms with Crippen molar-refractivity contribution >= 4 is 11.8 Å². The van der Waals surface area contributed by atoms with Gasteiger partial charge in [0.05, 0.1) is 12.5 Å². The Bertz CT molecular complexity index is 739. The standard InChI is InChI=1S/C16H24N4O5/c1-19-15(23)11(9-18-16(19)24)5-6-17-14(22)12-3-4-13(21)20(10-12)7-8-25-2/h9,12H,3-8,10H2,1-2H3,(H,17,22)(H,18,24)/t12-/m0/s1. The van der Waals surface area contributed by atoms with Crippen LogP contribution in [0, 0.1) is 5.92 Å². The maximum Gasteiger partial charge on any atom is 0.328 e. The molecular formula is C16H24N4O5. The summed E-state index contributed by atoms with van der Waals surface area (Å²) in [5, 5.41) is 2.81. The zero-order chi connectivity index (χ0) is 18.4. The van der Waals surface area contributed by atoms with Crippen LogP contribution in [0.2, 0.25) is 0 Å². The molecule has 2 N–H and O–H groups in total. The van der Waals surface area contributed by atoms with Gasteiger partial charge in [-0.25, -0.2) is 4.79 Å². The van der Waals surface area contributed by atoms with Crippen molar-refractivity contribution in [3.8, 4) is 0 Å². The van der Waals surface area contributed by atoms with Crippen LogP contribution in [0.1, 0.15) is 18.4 Å². The van der Waals surface area contributed by atoms with Gasteiger partial charge in [0.1, 0.15) is 0 Å². The molecule has 1 saturated heterocycles. The van der Waals surface area contributed by atoms with Crippen LogP contribution >= 0.6 is 0 Å². The molecule has 138 valence electrons. The molecule has 0 unspecified atom stereocenters. The molecular weight excluding hydrogens is 328 g/mol. The number of methoxy groups -OCH3 is 1. The Morgan fingerprint density at radius 3 is 2.88 bits per heavy atom. The number of hydrogen-bond donors (Lipinski definition) is 2. The van der Waals surface area contributed by atoms with Crippen molar-refractivity contribution in [3.05, 3.63) is 32.6 Å². The highest BCUT2D eigenvalue weighted by molar-refractivity contribution is 5.83. The largest absolute Gasteiger partial charge is 0.383 e. The average molecular weight is 352 g/mol. The van der Waals surface area contributed by atoms with Crippen molar-refractivity contribution in [2.24, 2.45) is 13.0 Å². The number of carbonyl (C=O) groups is 2. The number of aromatic nitrogens is 2. The lowest BCUT2D eigenvalue weighted by molar-refractivity contribution is -0.138. The number of hydrogen-bond acceptors (Lipinski definition) is 5. The second kappa shape index (κ2) is 8.61. The fourth-order valence-electron chi connectivity index (χ4n) is 2.81. The molecule has 2 heterocycles. The maximum absolute atomic E-state index is 12.3. The minimum Gasteiger partial charge on any atom is -0.383 e. The second-order valence-electron chi connectivity index (χ2n) is 6.09. The van der Waals surface area contributed by atoms with E-state index in [1.165, 1.54) is 13.2 Å². The van der Waals surface area contributed by atoms with Gasteiger partial charge in [0.15, 0.2) is 0 Å². The lowest BCUT2D eigenvalue weighted by Gasteiger charge is -2.31. The van der Waals surface area contributed by atoms with Gasteiger partial charge < -0.3 is 19.9 Å². The summed E-state index contributed by atoms with van der Waals surface area (Å²) in [5.74, 6) is -0.345. The quantitative estimate of drug-likeness (QED) is 0.628. The van der Waals surface area contributed by atoms with Gasteiger partial charge in [-0.05, 0) is 12.8 Å². The first-order valence-corrected chi connectivity index (χ1v) is 8.26. The van der Waals surface area contributed by atoms with Crippen molar-refractivity contribution in [1.82, 2.24) is 19.8 Å². The fourth-order valence-corrected chi connectivity index (χ4v) is 2.81. The van der Waals surface area contributed by atoms with Gasteiger partial charge in [-0.15, -0.1) is 0 Å². The molecule has 1 atom stereocenters. The molecule has 0 aliphatic carbocycles. The van der Waals surface area contributed by atoms with Crippen LogP contribution in [0.5, 0.6) is 0 Å². The van der Waals surface area contributed by atoms with E-state index in [-0.39, 0.29) is 23.3 Å². The molecule has 0 aromatic carbocycles. The van der Waals surface area contributed by atoms with Gasteiger partial charge in [-0.1, -0.05) is 0 Å². The molecule has 0 radical (unpaired) electrons. The molecule has 25 heavy (non-hydrogen) atoms. The lowest BCUT2D eigenvalue weighted by Crippen LogP contribution is -2.47. The summed E-state index contributed by atoms with van der Waals surface area (Å²) in [6.07, 6.45) is 2.58. The Balaban J connectivity index is 1.86. The summed E-state index contributed by atoms with van der Waals surface area (Å²) in [4.78, 5) is 51.5. The molecule has 9 nitrogen and oxygen atoms in total. The zero-order valence-electron chi connectivity index (χ0n) is 14.5. The van der Waals surface area contributed by atoms with E-state index in [1.807, 2.05) is 0 Å². The van der Waals surface area contributed by atoms with Crippen LogP contribution in [0.4, 0.5) is 0 Å². The van der Waals surface area contributed by atoms with Crippen LogP contribution in [0.25, 0.3) is 0 Å². The number of aromatic amines is 1. The maximum atomic E-state index is 12.3. The topological polar surface area (TPSA) is 114 Å². The normalized spacial score (nSPS) is 17.6. The molecule has 1 aliphatic rings. The third-order valence-electron chi connectivity index (χ3n) is 4.38. The van der Waals surface area contributed by atoms with Crippen LogP contribution in [0.3, 0.4) is 0 Å². The van der Waals surface area contributed by atoms with E-state index in [2.05, 4.69) is 10.3 Å². The molecule has 1 aromatic rings. The Hall–Kier alpha value is -2.42. The number of ether oxygens (including phenoxy) is 1. The number of piperidine rings is 1. The number of amides is 2. The first-order valence-electron chi connectivity index (χ1n) is 8.26. The Morgan fingerprint density at radius 1 is 1.40 bits per heavy atom. The van der Waals surface area contributed by atoms with E-state index in [4.69, 9.17) is 4.74 Å². The number of carbonyl (C=O) groups excluding carboxylic acids is 2. The highest BCUT2D eigenvalue weighted by Crippen LogP contribution is 2.17. The summed E-state index contributed by atoms with van der Waals surface area (Å²) < 4.78 is 5.98. The van der Waals surface area contributed by atoms with Gasteiger partial charge >= 0.3 is 5.69 Å². The summed E-state index contributed by atoms with van der Waals surface area (Å²) >= 11 is 0. The van der Waals surface area contributed by atoms with E-state index in [0.29, 0.717) is 51.1 Å².